The van der Waals surface area contributed by atoms with Crippen LogP contribution in [-0.2, 0) is 6.61 Å². The molecule has 94 valence electrons. The fraction of sp³-hybridized carbons (Fsp3) is 0.267. The molecule has 0 spiro atoms. The summed E-state index contributed by atoms with van der Waals surface area (Å²) in [5, 5.41) is 9.52. The zero-order valence-electron chi connectivity index (χ0n) is 10.6. The molecule has 1 heterocycles. The summed E-state index contributed by atoms with van der Waals surface area (Å²) < 4.78 is 5.61. The molecule has 1 aromatic heterocycles. The molecular formula is C15H17NO2. The number of rotatable bonds is 4. The summed E-state index contributed by atoms with van der Waals surface area (Å²) in [5.41, 5.74) is 2.74. The van der Waals surface area contributed by atoms with Gasteiger partial charge in [0.05, 0.1) is 6.10 Å². The van der Waals surface area contributed by atoms with Crippen LogP contribution in [0.1, 0.15) is 29.8 Å². The lowest BCUT2D eigenvalue weighted by Gasteiger charge is -2.10. The number of ether oxygens (including phenoxy) is 1. The minimum atomic E-state index is -0.499. The predicted octanol–water partition coefficient (Wildman–Crippen LogP) is 3.02. The van der Waals surface area contributed by atoms with Crippen LogP contribution in [0.5, 0.6) is 5.88 Å². The third kappa shape index (κ3) is 3.08. The van der Waals surface area contributed by atoms with Gasteiger partial charge in [0.15, 0.2) is 0 Å². The monoisotopic (exact) mass is 243 g/mol. The van der Waals surface area contributed by atoms with Gasteiger partial charge in [-0.15, -0.1) is 0 Å². The second-order valence-corrected chi connectivity index (χ2v) is 4.27. The van der Waals surface area contributed by atoms with Gasteiger partial charge in [0.1, 0.15) is 6.61 Å². The van der Waals surface area contributed by atoms with Gasteiger partial charge in [-0.3, -0.25) is 0 Å². The average Bonchev–Trinajstić information content (AvgIpc) is 2.37. The van der Waals surface area contributed by atoms with Crippen LogP contribution in [0.3, 0.4) is 0 Å². The molecule has 0 amide bonds. The van der Waals surface area contributed by atoms with Crippen molar-refractivity contribution in [1.82, 2.24) is 4.98 Å². The van der Waals surface area contributed by atoms with E-state index in [0.29, 0.717) is 12.5 Å². The first-order valence-corrected chi connectivity index (χ1v) is 5.99. The van der Waals surface area contributed by atoms with Crippen LogP contribution in [0.2, 0.25) is 0 Å². The summed E-state index contributed by atoms with van der Waals surface area (Å²) in [6.07, 6.45) is -0.499. The summed E-state index contributed by atoms with van der Waals surface area (Å²) in [7, 11) is 0. The Labute approximate surface area is 107 Å². The number of pyridine rings is 1. The van der Waals surface area contributed by atoms with Crippen molar-refractivity contribution in [1.29, 1.82) is 0 Å². The molecule has 3 heteroatoms. The highest BCUT2D eigenvalue weighted by atomic mass is 16.5. The number of aliphatic hydroxyl groups excluding tert-OH is 1. The van der Waals surface area contributed by atoms with Crippen molar-refractivity contribution in [3.05, 3.63) is 59.3 Å². The summed E-state index contributed by atoms with van der Waals surface area (Å²) in [5.74, 6) is 0.584. The molecule has 2 rings (SSSR count). The number of aliphatic hydroxyl groups is 1. The zero-order valence-corrected chi connectivity index (χ0v) is 10.6. The molecule has 18 heavy (non-hydrogen) atoms. The van der Waals surface area contributed by atoms with Crippen LogP contribution in [0.25, 0.3) is 0 Å². The van der Waals surface area contributed by atoms with E-state index in [1.807, 2.05) is 43.3 Å². The van der Waals surface area contributed by atoms with E-state index in [-0.39, 0.29) is 0 Å². The Balaban J connectivity index is 2.05. The number of nitrogens with zero attached hydrogens (tertiary/aromatic N) is 1. The van der Waals surface area contributed by atoms with E-state index < -0.39 is 6.10 Å². The molecule has 0 bridgehead atoms. The lowest BCUT2D eigenvalue weighted by Crippen LogP contribution is -2.01. The van der Waals surface area contributed by atoms with E-state index in [9.17, 15) is 5.11 Å². The van der Waals surface area contributed by atoms with Gasteiger partial charge in [-0.2, -0.15) is 0 Å². The average molecular weight is 243 g/mol. The van der Waals surface area contributed by atoms with Crippen molar-refractivity contribution in [2.45, 2.75) is 26.6 Å². The quantitative estimate of drug-likeness (QED) is 0.897. The molecule has 0 aliphatic rings. The number of aryl methyl sites for hydroxylation is 1. The maximum atomic E-state index is 9.52. The van der Waals surface area contributed by atoms with Crippen molar-refractivity contribution in [3.8, 4) is 5.88 Å². The van der Waals surface area contributed by atoms with Gasteiger partial charge in [0.25, 0.3) is 0 Å². The fourth-order valence-electron chi connectivity index (χ4n) is 1.80. The van der Waals surface area contributed by atoms with Gasteiger partial charge in [0, 0.05) is 17.3 Å². The van der Waals surface area contributed by atoms with E-state index in [2.05, 4.69) is 4.98 Å². The molecule has 0 saturated carbocycles. The number of benzene rings is 1. The highest BCUT2D eigenvalue weighted by molar-refractivity contribution is 5.26. The molecule has 3 nitrogen and oxygen atoms in total. The normalized spacial score (nSPS) is 12.2. The third-order valence-electron chi connectivity index (χ3n) is 2.78. The van der Waals surface area contributed by atoms with Crippen LogP contribution >= 0.6 is 0 Å². The molecule has 0 fully saturated rings. The largest absolute Gasteiger partial charge is 0.473 e. The minimum Gasteiger partial charge on any atom is -0.473 e. The first kappa shape index (κ1) is 12.6. The molecule has 1 N–H and O–H groups in total. The molecule has 1 atom stereocenters. The Morgan fingerprint density at radius 1 is 1.17 bits per heavy atom. The molecule has 0 saturated heterocycles. The van der Waals surface area contributed by atoms with Crippen LogP contribution in [0.15, 0.2) is 42.5 Å². The minimum absolute atomic E-state index is 0.499. The van der Waals surface area contributed by atoms with Gasteiger partial charge in [-0.05, 0) is 25.5 Å². The van der Waals surface area contributed by atoms with Crippen LogP contribution in [-0.4, -0.2) is 10.1 Å². The van der Waals surface area contributed by atoms with Crippen molar-refractivity contribution in [3.63, 3.8) is 0 Å². The van der Waals surface area contributed by atoms with Crippen LogP contribution < -0.4 is 4.74 Å². The topological polar surface area (TPSA) is 42.4 Å². The lowest BCUT2D eigenvalue weighted by molar-refractivity contribution is 0.197. The smallest absolute Gasteiger partial charge is 0.213 e. The number of aromatic nitrogens is 1. The fourth-order valence-corrected chi connectivity index (χ4v) is 1.80. The Morgan fingerprint density at radius 3 is 2.50 bits per heavy atom. The second kappa shape index (κ2) is 5.65. The highest BCUT2D eigenvalue weighted by Crippen LogP contribution is 2.19. The van der Waals surface area contributed by atoms with Gasteiger partial charge in [-0.1, -0.05) is 30.3 Å². The zero-order chi connectivity index (χ0) is 13.0. The summed E-state index contributed by atoms with van der Waals surface area (Å²) in [6.45, 7) is 4.10. The molecule has 0 radical (unpaired) electrons. The summed E-state index contributed by atoms with van der Waals surface area (Å²) in [4.78, 5) is 4.33. The Morgan fingerprint density at radius 2 is 1.89 bits per heavy atom. The summed E-state index contributed by atoms with van der Waals surface area (Å²) in [6, 6.07) is 13.6. The standard InChI is InChI=1S/C15H17NO2/c1-11-14(12(2)17)8-9-15(16-11)18-10-13-6-4-3-5-7-13/h3-9,12,17H,10H2,1-2H3/t12-/m0/s1. The Kier molecular flexibility index (Phi) is 3.95. The molecule has 1 aromatic carbocycles. The highest BCUT2D eigenvalue weighted by Gasteiger charge is 2.07. The van der Waals surface area contributed by atoms with Crippen LogP contribution in [0, 0.1) is 6.92 Å². The molecule has 0 aliphatic carbocycles. The lowest BCUT2D eigenvalue weighted by atomic mass is 10.1. The third-order valence-corrected chi connectivity index (χ3v) is 2.78. The number of hydrogen-bond acceptors (Lipinski definition) is 3. The molecule has 0 unspecified atom stereocenters. The maximum absolute atomic E-state index is 9.52. The van der Waals surface area contributed by atoms with Gasteiger partial charge < -0.3 is 9.84 Å². The van der Waals surface area contributed by atoms with E-state index in [1.54, 1.807) is 13.0 Å². The van der Waals surface area contributed by atoms with Crippen molar-refractivity contribution in [2.24, 2.45) is 0 Å². The van der Waals surface area contributed by atoms with Crippen molar-refractivity contribution in [2.75, 3.05) is 0 Å². The van der Waals surface area contributed by atoms with Crippen LogP contribution in [0.4, 0.5) is 0 Å². The molecular weight excluding hydrogens is 226 g/mol. The van der Waals surface area contributed by atoms with E-state index >= 15 is 0 Å². The molecule has 2 aromatic rings. The SMILES string of the molecule is Cc1nc(OCc2ccccc2)ccc1[C@H](C)O. The van der Waals surface area contributed by atoms with Gasteiger partial charge in [0.2, 0.25) is 5.88 Å². The second-order valence-electron chi connectivity index (χ2n) is 4.27. The Bertz CT molecular complexity index is 509. The van der Waals surface area contributed by atoms with Gasteiger partial charge >= 0.3 is 0 Å². The first-order valence-electron chi connectivity index (χ1n) is 5.99. The maximum Gasteiger partial charge on any atom is 0.213 e. The van der Waals surface area contributed by atoms with E-state index in [0.717, 1.165) is 16.8 Å². The first-order chi connectivity index (χ1) is 8.66. The van der Waals surface area contributed by atoms with Crippen molar-refractivity contribution >= 4 is 0 Å². The Hall–Kier alpha value is -1.87. The molecule has 0 aliphatic heterocycles. The predicted molar refractivity (Wildman–Crippen MR) is 70.4 cm³/mol. The summed E-state index contributed by atoms with van der Waals surface area (Å²) >= 11 is 0. The van der Waals surface area contributed by atoms with Gasteiger partial charge in [-0.25, -0.2) is 4.98 Å². The van der Waals surface area contributed by atoms with E-state index in [1.165, 1.54) is 0 Å². The van der Waals surface area contributed by atoms with E-state index in [4.69, 9.17) is 4.74 Å². The van der Waals surface area contributed by atoms with Crippen molar-refractivity contribution < 1.29 is 9.84 Å². The number of hydrogen-bond donors (Lipinski definition) is 1.